The number of ether oxygens (including phenoxy) is 1. The highest BCUT2D eigenvalue weighted by Gasteiger charge is 2.49. The third kappa shape index (κ3) is 3.43. The fourth-order valence-corrected chi connectivity index (χ4v) is 3.82. The lowest BCUT2D eigenvalue weighted by molar-refractivity contribution is -0.139. The van der Waals surface area contributed by atoms with Crippen molar-refractivity contribution in [3.05, 3.63) is 58.8 Å². The number of halogens is 1. The molecule has 2 unspecified atom stereocenters. The molecule has 0 spiro atoms. The summed E-state index contributed by atoms with van der Waals surface area (Å²) in [6.07, 6.45) is 1.50. The first-order chi connectivity index (χ1) is 14.0. The van der Waals surface area contributed by atoms with Crippen molar-refractivity contribution in [2.75, 3.05) is 26.3 Å². The molecule has 0 aliphatic carbocycles. The van der Waals surface area contributed by atoms with E-state index in [9.17, 15) is 19.1 Å². The van der Waals surface area contributed by atoms with Crippen LogP contribution in [0.4, 0.5) is 4.39 Å². The largest absolute Gasteiger partial charge is 0.505 e. The van der Waals surface area contributed by atoms with Gasteiger partial charge in [0.2, 0.25) is 0 Å². The van der Waals surface area contributed by atoms with E-state index in [0.29, 0.717) is 6.42 Å². The van der Waals surface area contributed by atoms with E-state index in [4.69, 9.17) is 9.84 Å². The predicted molar refractivity (Wildman–Crippen MR) is 101 cm³/mol. The summed E-state index contributed by atoms with van der Waals surface area (Å²) >= 11 is 0. The van der Waals surface area contributed by atoms with Crippen LogP contribution in [0.2, 0.25) is 0 Å². The van der Waals surface area contributed by atoms with Gasteiger partial charge in [-0.05, 0) is 29.7 Å². The molecule has 0 saturated carbocycles. The number of carbonyl (C=O) groups excluding carboxylic acids is 2. The Morgan fingerprint density at radius 3 is 2.83 bits per heavy atom. The quantitative estimate of drug-likeness (QED) is 0.612. The highest BCUT2D eigenvalue weighted by Crippen LogP contribution is 2.34. The second-order valence-electron chi connectivity index (χ2n) is 6.96. The Morgan fingerprint density at radius 1 is 1.34 bits per heavy atom. The Labute approximate surface area is 166 Å². The number of nitrogens with zero attached hydrogens (tertiary/aromatic N) is 2. The average molecular weight is 401 g/mol. The first-order valence-corrected chi connectivity index (χ1v) is 9.27. The monoisotopic (exact) mass is 401 g/mol. The van der Waals surface area contributed by atoms with Crippen molar-refractivity contribution in [3.63, 3.8) is 0 Å². The van der Waals surface area contributed by atoms with E-state index in [1.807, 2.05) is 0 Å². The Bertz CT molecular complexity index is 938. The van der Waals surface area contributed by atoms with Gasteiger partial charge in [-0.2, -0.15) is 0 Å². The van der Waals surface area contributed by atoms with Gasteiger partial charge in [0.1, 0.15) is 29.2 Å². The number of aliphatic hydroxyl groups excluding tert-OH is 2. The van der Waals surface area contributed by atoms with Crippen LogP contribution in [0.15, 0.2) is 52.4 Å². The molecule has 0 radical (unpaired) electrons. The fourth-order valence-electron chi connectivity index (χ4n) is 3.82. The Balaban J connectivity index is 1.69. The Morgan fingerprint density at radius 2 is 2.10 bits per heavy atom. The van der Waals surface area contributed by atoms with E-state index in [2.05, 4.69) is 10.3 Å². The summed E-state index contributed by atoms with van der Waals surface area (Å²) in [5.74, 6) is -2.16. The van der Waals surface area contributed by atoms with Gasteiger partial charge in [0.25, 0.3) is 11.8 Å². The van der Waals surface area contributed by atoms with Crippen molar-refractivity contribution < 1.29 is 28.9 Å². The van der Waals surface area contributed by atoms with Crippen LogP contribution < -0.4 is 5.32 Å². The van der Waals surface area contributed by atoms with E-state index in [0.717, 1.165) is 11.1 Å². The fraction of sp³-hybridized carbons (Fsp3) is 0.350. The van der Waals surface area contributed by atoms with Gasteiger partial charge < -0.3 is 25.2 Å². The molecule has 8 nitrogen and oxygen atoms in total. The lowest BCUT2D eigenvalue weighted by atomic mass is 9.85. The van der Waals surface area contributed by atoms with Crippen LogP contribution in [-0.4, -0.2) is 71.1 Å². The van der Waals surface area contributed by atoms with Crippen molar-refractivity contribution in [2.45, 2.75) is 18.6 Å². The van der Waals surface area contributed by atoms with E-state index < -0.39 is 29.7 Å². The van der Waals surface area contributed by atoms with Crippen molar-refractivity contribution in [2.24, 2.45) is 4.99 Å². The molecule has 1 aromatic carbocycles. The van der Waals surface area contributed by atoms with Crippen molar-refractivity contribution in [1.29, 1.82) is 0 Å². The highest BCUT2D eigenvalue weighted by molar-refractivity contribution is 6.27. The molecule has 2 amide bonds. The summed E-state index contributed by atoms with van der Waals surface area (Å²) in [6.45, 7) is 0.207. The molecule has 2 atom stereocenters. The molecule has 29 heavy (non-hydrogen) atoms. The molecule has 9 heteroatoms. The molecule has 1 saturated heterocycles. The zero-order valence-corrected chi connectivity index (χ0v) is 15.5. The van der Waals surface area contributed by atoms with Crippen LogP contribution in [0.25, 0.3) is 0 Å². The van der Waals surface area contributed by atoms with Crippen LogP contribution in [0.5, 0.6) is 0 Å². The summed E-state index contributed by atoms with van der Waals surface area (Å²) in [5, 5.41) is 21.9. The molecule has 1 fully saturated rings. The number of nitrogens with one attached hydrogen (secondary N) is 1. The van der Waals surface area contributed by atoms with Crippen LogP contribution in [-0.2, 0) is 20.7 Å². The number of carbonyl (C=O) groups is 2. The van der Waals surface area contributed by atoms with Gasteiger partial charge in [-0.25, -0.2) is 4.39 Å². The first kappa shape index (κ1) is 19.3. The number of hydrogen-bond donors (Lipinski definition) is 3. The summed E-state index contributed by atoms with van der Waals surface area (Å²) in [7, 11) is 0. The van der Waals surface area contributed by atoms with Crippen molar-refractivity contribution in [1.82, 2.24) is 10.2 Å². The first-order valence-electron chi connectivity index (χ1n) is 9.27. The minimum Gasteiger partial charge on any atom is -0.505 e. The van der Waals surface area contributed by atoms with E-state index in [-0.39, 0.29) is 43.4 Å². The van der Waals surface area contributed by atoms with Crippen molar-refractivity contribution >= 4 is 17.5 Å². The molecular weight excluding hydrogens is 381 g/mol. The predicted octanol–water partition coefficient (Wildman–Crippen LogP) is 0.237. The second kappa shape index (κ2) is 7.76. The van der Waals surface area contributed by atoms with Gasteiger partial charge in [0, 0.05) is 19.3 Å². The number of benzene rings is 1. The van der Waals surface area contributed by atoms with E-state index >= 15 is 0 Å². The lowest BCUT2D eigenvalue weighted by Gasteiger charge is -2.46. The van der Waals surface area contributed by atoms with E-state index in [1.165, 1.54) is 17.0 Å². The molecule has 3 N–H and O–H groups in total. The van der Waals surface area contributed by atoms with Crippen LogP contribution in [0.3, 0.4) is 0 Å². The van der Waals surface area contributed by atoms with Crippen LogP contribution in [0, 0.1) is 5.82 Å². The maximum absolute atomic E-state index is 13.2. The molecule has 3 heterocycles. The summed E-state index contributed by atoms with van der Waals surface area (Å²) < 4.78 is 19.1. The SMILES string of the molecule is O=C(NCCO)C1=C(O)C2=NC=C(Cc3ccc(F)cc3)C3OCCN(C1=O)C23. The highest BCUT2D eigenvalue weighted by atomic mass is 19.1. The maximum atomic E-state index is 13.2. The Kier molecular flexibility index (Phi) is 5.16. The number of aliphatic hydroxyl groups is 2. The Hall–Kier alpha value is -3.04. The van der Waals surface area contributed by atoms with Gasteiger partial charge in [-0.1, -0.05) is 12.1 Å². The van der Waals surface area contributed by atoms with Gasteiger partial charge in [-0.15, -0.1) is 0 Å². The summed E-state index contributed by atoms with van der Waals surface area (Å²) in [4.78, 5) is 31.1. The van der Waals surface area contributed by atoms with E-state index in [1.54, 1.807) is 18.3 Å². The zero-order chi connectivity index (χ0) is 20.5. The normalized spacial score (nSPS) is 23.4. The second-order valence-corrected chi connectivity index (χ2v) is 6.96. The molecular formula is C20H20FN3O5. The zero-order valence-electron chi connectivity index (χ0n) is 15.5. The number of morpholine rings is 1. The molecule has 1 aromatic rings. The number of rotatable bonds is 5. The minimum absolute atomic E-state index is 0.0355. The topological polar surface area (TPSA) is 111 Å². The number of amides is 2. The lowest BCUT2D eigenvalue weighted by Crippen LogP contribution is -2.63. The van der Waals surface area contributed by atoms with Gasteiger partial charge in [-0.3, -0.25) is 14.6 Å². The minimum atomic E-state index is -0.758. The van der Waals surface area contributed by atoms with Crippen molar-refractivity contribution in [3.8, 4) is 0 Å². The van der Waals surface area contributed by atoms with Gasteiger partial charge in [0.05, 0.1) is 13.2 Å². The smallest absolute Gasteiger partial charge is 0.264 e. The molecule has 3 aliphatic heterocycles. The third-order valence-corrected chi connectivity index (χ3v) is 5.17. The summed E-state index contributed by atoms with van der Waals surface area (Å²) in [5.41, 5.74) is 1.47. The maximum Gasteiger partial charge on any atom is 0.264 e. The number of aliphatic imine (C=N–C) groups is 1. The van der Waals surface area contributed by atoms with Crippen LogP contribution >= 0.6 is 0 Å². The molecule has 0 bridgehead atoms. The molecule has 3 aliphatic rings. The van der Waals surface area contributed by atoms with Crippen LogP contribution in [0.1, 0.15) is 5.56 Å². The van der Waals surface area contributed by atoms with Gasteiger partial charge >= 0.3 is 0 Å². The van der Waals surface area contributed by atoms with Gasteiger partial charge in [0.15, 0.2) is 5.76 Å². The standard InChI is InChI=1S/C20H20FN3O5/c21-13-3-1-11(2-4-13)9-12-10-23-15-16-18(12)29-8-6-24(16)20(28)14(17(15)26)19(27)22-5-7-25/h1-4,10,16,18,25-26H,5-9H2,(H,22,27). The molecule has 4 rings (SSSR count). The third-order valence-electron chi connectivity index (χ3n) is 5.17. The molecule has 0 aromatic heterocycles. The molecule has 152 valence electrons. The number of hydrogen-bond acceptors (Lipinski definition) is 6. The average Bonchev–Trinajstić information content (AvgIpc) is 2.73. The summed E-state index contributed by atoms with van der Waals surface area (Å²) in [6, 6.07) is 5.45.